The van der Waals surface area contributed by atoms with Crippen molar-refractivity contribution < 1.29 is 13.7 Å². The highest BCUT2D eigenvalue weighted by molar-refractivity contribution is 5.94. The Hall–Kier alpha value is -2.37. The monoisotopic (exact) mass is 289 g/mol. The van der Waals surface area contributed by atoms with Gasteiger partial charge >= 0.3 is 6.03 Å². The fraction of sp³-hybridized carbons (Fsp3) is 0.333. The lowest BCUT2D eigenvalue weighted by molar-refractivity contribution is 0.246. The predicted octanol–water partition coefficient (Wildman–Crippen LogP) is 2.70. The van der Waals surface area contributed by atoms with Gasteiger partial charge in [0, 0.05) is 18.7 Å². The molecule has 0 saturated heterocycles. The maximum atomic E-state index is 13.3. The SMILES string of the molecule is Cc1noc(C)c1CNC(=O)N1CCc2ccc(F)cc21. The maximum absolute atomic E-state index is 13.3. The zero-order valence-electron chi connectivity index (χ0n) is 11.9. The number of amides is 2. The third-order valence-corrected chi connectivity index (χ3v) is 3.79. The summed E-state index contributed by atoms with van der Waals surface area (Å²) >= 11 is 0. The van der Waals surface area contributed by atoms with Gasteiger partial charge in [0.2, 0.25) is 0 Å². The van der Waals surface area contributed by atoms with E-state index in [1.165, 1.54) is 12.1 Å². The Balaban J connectivity index is 1.72. The van der Waals surface area contributed by atoms with Crippen LogP contribution in [-0.2, 0) is 13.0 Å². The lowest BCUT2D eigenvalue weighted by Crippen LogP contribution is -2.38. The molecule has 2 amide bonds. The van der Waals surface area contributed by atoms with Gasteiger partial charge in [-0.05, 0) is 38.0 Å². The van der Waals surface area contributed by atoms with Gasteiger partial charge in [-0.3, -0.25) is 4.90 Å². The van der Waals surface area contributed by atoms with Crippen molar-refractivity contribution in [2.75, 3.05) is 11.4 Å². The number of benzene rings is 1. The Bertz CT molecular complexity index is 677. The molecule has 0 radical (unpaired) electrons. The number of nitrogens with one attached hydrogen (secondary N) is 1. The molecule has 1 aromatic heterocycles. The Labute approximate surface area is 121 Å². The highest BCUT2D eigenvalue weighted by atomic mass is 19.1. The molecule has 6 heteroatoms. The molecule has 1 aromatic carbocycles. The van der Waals surface area contributed by atoms with Crippen LogP contribution >= 0.6 is 0 Å². The van der Waals surface area contributed by atoms with Crippen LogP contribution in [0.2, 0.25) is 0 Å². The number of hydrogen-bond donors (Lipinski definition) is 1. The molecule has 3 rings (SSSR count). The number of halogens is 1. The molecule has 0 bridgehead atoms. The zero-order valence-corrected chi connectivity index (χ0v) is 11.9. The average molecular weight is 289 g/mol. The number of fused-ring (bicyclic) bond motifs is 1. The number of aryl methyl sites for hydroxylation is 2. The molecule has 0 atom stereocenters. The van der Waals surface area contributed by atoms with Crippen LogP contribution in [0.1, 0.15) is 22.6 Å². The van der Waals surface area contributed by atoms with Crippen molar-refractivity contribution in [1.29, 1.82) is 0 Å². The highest BCUT2D eigenvalue weighted by Gasteiger charge is 2.25. The van der Waals surface area contributed by atoms with Crippen molar-refractivity contribution in [3.63, 3.8) is 0 Å². The molecular formula is C15H16FN3O2. The molecule has 0 spiro atoms. The molecule has 0 aliphatic carbocycles. The van der Waals surface area contributed by atoms with Gasteiger partial charge in [-0.15, -0.1) is 0 Å². The maximum Gasteiger partial charge on any atom is 0.322 e. The first-order valence-electron chi connectivity index (χ1n) is 6.82. The molecule has 0 saturated carbocycles. The van der Waals surface area contributed by atoms with E-state index in [1.54, 1.807) is 11.0 Å². The lowest BCUT2D eigenvalue weighted by atomic mass is 10.2. The number of anilines is 1. The standard InChI is InChI=1S/C15H16FN3O2/c1-9-13(10(2)21-18-9)8-17-15(20)19-6-5-11-3-4-12(16)7-14(11)19/h3-4,7H,5-6,8H2,1-2H3,(H,17,20). The van der Waals surface area contributed by atoms with Crippen molar-refractivity contribution in [2.24, 2.45) is 0 Å². The topological polar surface area (TPSA) is 58.4 Å². The summed E-state index contributed by atoms with van der Waals surface area (Å²) < 4.78 is 18.4. The normalized spacial score (nSPS) is 13.4. The summed E-state index contributed by atoms with van der Waals surface area (Å²) in [6.07, 6.45) is 0.744. The molecule has 0 fully saturated rings. The number of nitrogens with zero attached hydrogens (tertiary/aromatic N) is 2. The number of aromatic nitrogens is 1. The van der Waals surface area contributed by atoms with E-state index >= 15 is 0 Å². The molecule has 21 heavy (non-hydrogen) atoms. The summed E-state index contributed by atoms with van der Waals surface area (Å²) in [6, 6.07) is 4.31. The minimum Gasteiger partial charge on any atom is -0.361 e. The number of carbonyl (C=O) groups excluding carboxylic acids is 1. The van der Waals surface area contributed by atoms with E-state index in [0.717, 1.165) is 23.2 Å². The lowest BCUT2D eigenvalue weighted by Gasteiger charge is -2.18. The van der Waals surface area contributed by atoms with Crippen LogP contribution in [0.15, 0.2) is 22.7 Å². The third kappa shape index (κ3) is 2.49. The zero-order chi connectivity index (χ0) is 15.0. The minimum atomic E-state index is -0.334. The summed E-state index contributed by atoms with van der Waals surface area (Å²) in [5, 5.41) is 6.68. The van der Waals surface area contributed by atoms with Crippen molar-refractivity contribution in [2.45, 2.75) is 26.8 Å². The Morgan fingerprint density at radius 2 is 2.29 bits per heavy atom. The van der Waals surface area contributed by atoms with Gasteiger partial charge in [0.1, 0.15) is 11.6 Å². The van der Waals surface area contributed by atoms with Gasteiger partial charge < -0.3 is 9.84 Å². The average Bonchev–Trinajstić information content (AvgIpc) is 3.00. The molecule has 1 aliphatic heterocycles. The highest BCUT2D eigenvalue weighted by Crippen LogP contribution is 2.28. The fourth-order valence-electron chi connectivity index (χ4n) is 2.58. The quantitative estimate of drug-likeness (QED) is 0.924. The van der Waals surface area contributed by atoms with Gasteiger partial charge in [0.05, 0.1) is 11.4 Å². The number of hydrogen-bond acceptors (Lipinski definition) is 3. The van der Waals surface area contributed by atoms with Crippen LogP contribution in [0, 0.1) is 19.7 Å². The van der Waals surface area contributed by atoms with E-state index in [1.807, 2.05) is 13.8 Å². The minimum absolute atomic E-state index is 0.237. The first kappa shape index (κ1) is 13.6. The second-order valence-corrected chi connectivity index (χ2v) is 5.14. The molecular weight excluding hydrogens is 273 g/mol. The van der Waals surface area contributed by atoms with E-state index in [-0.39, 0.29) is 11.8 Å². The largest absolute Gasteiger partial charge is 0.361 e. The number of rotatable bonds is 2. The van der Waals surface area contributed by atoms with Crippen LogP contribution in [0.4, 0.5) is 14.9 Å². The Kier molecular flexibility index (Phi) is 3.37. The number of urea groups is 1. The summed E-state index contributed by atoms with van der Waals surface area (Å²) in [5.41, 5.74) is 3.28. The first-order valence-corrected chi connectivity index (χ1v) is 6.82. The fourth-order valence-corrected chi connectivity index (χ4v) is 2.58. The van der Waals surface area contributed by atoms with Gasteiger partial charge in [-0.2, -0.15) is 0 Å². The van der Waals surface area contributed by atoms with Crippen molar-refractivity contribution in [3.05, 3.63) is 46.6 Å². The van der Waals surface area contributed by atoms with Gasteiger partial charge in [-0.25, -0.2) is 9.18 Å². The second kappa shape index (κ2) is 5.20. The first-order chi connectivity index (χ1) is 10.1. The van der Waals surface area contributed by atoms with Crippen LogP contribution in [-0.4, -0.2) is 17.7 Å². The third-order valence-electron chi connectivity index (χ3n) is 3.79. The summed E-state index contributed by atoms with van der Waals surface area (Å²) in [5.74, 6) is 0.361. The van der Waals surface area contributed by atoms with Crippen molar-refractivity contribution in [3.8, 4) is 0 Å². The molecule has 110 valence electrons. The van der Waals surface area contributed by atoms with Gasteiger partial charge in [0.25, 0.3) is 0 Å². The molecule has 1 aliphatic rings. The van der Waals surface area contributed by atoms with E-state index in [2.05, 4.69) is 10.5 Å². The Morgan fingerprint density at radius 1 is 1.48 bits per heavy atom. The van der Waals surface area contributed by atoms with Crippen LogP contribution in [0.25, 0.3) is 0 Å². The molecule has 5 nitrogen and oxygen atoms in total. The van der Waals surface area contributed by atoms with E-state index in [4.69, 9.17) is 4.52 Å². The van der Waals surface area contributed by atoms with Crippen LogP contribution in [0.5, 0.6) is 0 Å². The van der Waals surface area contributed by atoms with Gasteiger partial charge in [0.15, 0.2) is 0 Å². The molecule has 0 unspecified atom stereocenters. The summed E-state index contributed by atoms with van der Waals surface area (Å²) in [6.45, 7) is 4.55. The van der Waals surface area contributed by atoms with E-state index in [0.29, 0.717) is 24.5 Å². The van der Waals surface area contributed by atoms with Crippen molar-refractivity contribution in [1.82, 2.24) is 10.5 Å². The summed E-state index contributed by atoms with van der Waals surface area (Å²) in [4.78, 5) is 13.8. The molecule has 2 aromatic rings. The smallest absolute Gasteiger partial charge is 0.322 e. The Morgan fingerprint density at radius 3 is 3.00 bits per heavy atom. The number of carbonyl (C=O) groups is 1. The van der Waals surface area contributed by atoms with Crippen LogP contribution in [0.3, 0.4) is 0 Å². The second-order valence-electron chi connectivity index (χ2n) is 5.14. The molecule has 1 N–H and O–H groups in total. The van der Waals surface area contributed by atoms with Gasteiger partial charge in [-0.1, -0.05) is 11.2 Å². The molecule has 2 heterocycles. The summed E-state index contributed by atoms with van der Waals surface area (Å²) in [7, 11) is 0. The predicted molar refractivity (Wildman–Crippen MR) is 75.7 cm³/mol. The van der Waals surface area contributed by atoms with E-state index < -0.39 is 0 Å². The van der Waals surface area contributed by atoms with Crippen molar-refractivity contribution >= 4 is 11.7 Å². The van der Waals surface area contributed by atoms with Crippen LogP contribution < -0.4 is 10.2 Å². The van der Waals surface area contributed by atoms with E-state index in [9.17, 15) is 9.18 Å².